The molecule has 3 heteroatoms. The van der Waals surface area contributed by atoms with E-state index >= 15 is 0 Å². The van der Waals surface area contributed by atoms with Gasteiger partial charge in [0.1, 0.15) is 0 Å². The molecule has 100 valence electrons. The molecule has 0 radical (unpaired) electrons. The molecule has 2 N–H and O–H groups in total. The molecule has 2 aromatic rings. The molecule has 0 amide bonds. The van der Waals surface area contributed by atoms with E-state index in [1.54, 1.807) is 12.1 Å². The minimum absolute atomic E-state index is 0.141. The Balaban J connectivity index is 2.04. The predicted octanol–water partition coefficient (Wildman–Crippen LogP) is 3.69. The molecule has 0 aromatic heterocycles. The first-order valence-electron chi connectivity index (χ1n) is 6.34. The number of halogens is 1. The maximum absolute atomic E-state index is 13.2. The first-order valence-corrected chi connectivity index (χ1v) is 6.34. The van der Waals surface area contributed by atoms with Crippen LogP contribution in [0, 0.1) is 12.7 Å². The van der Waals surface area contributed by atoms with Gasteiger partial charge in [-0.1, -0.05) is 42.0 Å². The van der Waals surface area contributed by atoms with Crippen LogP contribution >= 0.6 is 0 Å². The average molecular weight is 259 g/mol. The number of aryl methyl sites for hydroxylation is 1. The van der Waals surface area contributed by atoms with Crippen LogP contribution in [0.5, 0.6) is 5.75 Å². The van der Waals surface area contributed by atoms with E-state index in [-0.39, 0.29) is 11.8 Å². The number of hydrogen-bond donors (Lipinski definition) is 2. The summed E-state index contributed by atoms with van der Waals surface area (Å²) in [6.45, 7) is 4.53. The second kappa shape index (κ2) is 5.85. The molecule has 0 saturated carbocycles. The van der Waals surface area contributed by atoms with Gasteiger partial charge in [-0.05, 0) is 25.5 Å². The van der Waals surface area contributed by atoms with Crippen LogP contribution in [-0.2, 0) is 6.54 Å². The van der Waals surface area contributed by atoms with Crippen molar-refractivity contribution >= 4 is 0 Å². The molecular formula is C16H18FNO. The number of phenolic OH excluding ortho intramolecular Hbond substituents is 1. The number of aromatic hydroxyl groups is 1. The van der Waals surface area contributed by atoms with Gasteiger partial charge in [-0.25, -0.2) is 4.39 Å². The fourth-order valence-electron chi connectivity index (χ4n) is 2.02. The fourth-order valence-corrected chi connectivity index (χ4v) is 2.02. The Morgan fingerprint density at radius 1 is 1.21 bits per heavy atom. The van der Waals surface area contributed by atoms with Gasteiger partial charge >= 0.3 is 0 Å². The summed E-state index contributed by atoms with van der Waals surface area (Å²) in [4.78, 5) is 0. The van der Waals surface area contributed by atoms with Gasteiger partial charge in [0, 0.05) is 18.2 Å². The molecule has 0 aliphatic heterocycles. The van der Waals surface area contributed by atoms with E-state index in [9.17, 15) is 9.50 Å². The lowest BCUT2D eigenvalue weighted by Crippen LogP contribution is -2.18. The maximum atomic E-state index is 13.2. The second-order valence-electron chi connectivity index (χ2n) is 4.76. The van der Waals surface area contributed by atoms with Gasteiger partial charge in [-0.2, -0.15) is 0 Å². The molecule has 0 aliphatic rings. The fraction of sp³-hybridized carbons (Fsp3) is 0.250. The molecule has 0 bridgehead atoms. The zero-order valence-corrected chi connectivity index (χ0v) is 11.2. The number of para-hydroxylation sites is 1. The van der Waals surface area contributed by atoms with Gasteiger partial charge in [-0.3, -0.25) is 0 Å². The van der Waals surface area contributed by atoms with Crippen LogP contribution in [0.1, 0.15) is 29.7 Å². The SMILES string of the molecule is Cc1cccc([C@@H](C)NCc2cccc(F)c2O)c1. The lowest BCUT2D eigenvalue weighted by atomic mass is 10.1. The Kier molecular flexibility index (Phi) is 4.17. The molecule has 0 fully saturated rings. The van der Waals surface area contributed by atoms with Crippen LogP contribution < -0.4 is 5.32 Å². The zero-order chi connectivity index (χ0) is 13.8. The van der Waals surface area contributed by atoms with Crippen LogP contribution in [-0.4, -0.2) is 5.11 Å². The molecular weight excluding hydrogens is 241 g/mol. The summed E-state index contributed by atoms with van der Waals surface area (Å²) >= 11 is 0. The van der Waals surface area contributed by atoms with E-state index in [1.165, 1.54) is 17.2 Å². The highest BCUT2D eigenvalue weighted by molar-refractivity contribution is 5.33. The Morgan fingerprint density at radius 3 is 2.68 bits per heavy atom. The van der Waals surface area contributed by atoms with Crippen LogP contribution in [0.2, 0.25) is 0 Å². The number of rotatable bonds is 4. The third-order valence-electron chi connectivity index (χ3n) is 3.21. The first-order chi connectivity index (χ1) is 9.08. The minimum atomic E-state index is -0.581. The van der Waals surface area contributed by atoms with E-state index < -0.39 is 5.82 Å². The number of phenols is 1. The van der Waals surface area contributed by atoms with E-state index in [2.05, 4.69) is 30.4 Å². The van der Waals surface area contributed by atoms with Gasteiger partial charge in [0.15, 0.2) is 11.6 Å². The molecule has 0 saturated heterocycles. The summed E-state index contributed by atoms with van der Waals surface area (Å²) in [6.07, 6.45) is 0. The second-order valence-corrected chi connectivity index (χ2v) is 4.76. The first kappa shape index (κ1) is 13.6. The van der Waals surface area contributed by atoms with Gasteiger partial charge in [0.05, 0.1) is 0 Å². The molecule has 2 aromatic carbocycles. The summed E-state index contributed by atoms with van der Waals surface area (Å²) < 4.78 is 13.2. The van der Waals surface area contributed by atoms with E-state index in [4.69, 9.17) is 0 Å². The van der Waals surface area contributed by atoms with Crippen molar-refractivity contribution in [2.45, 2.75) is 26.4 Å². The highest BCUT2D eigenvalue weighted by Crippen LogP contribution is 2.21. The molecule has 1 atom stereocenters. The predicted molar refractivity (Wildman–Crippen MR) is 74.5 cm³/mol. The number of nitrogens with one attached hydrogen (secondary N) is 1. The summed E-state index contributed by atoms with van der Waals surface area (Å²) in [7, 11) is 0. The standard InChI is InChI=1S/C16H18FNO/c1-11-5-3-6-13(9-11)12(2)18-10-14-7-4-8-15(17)16(14)19/h3-9,12,18-19H,10H2,1-2H3/t12-/m1/s1. The normalized spacial score (nSPS) is 12.4. The van der Waals surface area contributed by atoms with E-state index in [1.807, 2.05) is 13.0 Å². The smallest absolute Gasteiger partial charge is 0.165 e. The molecule has 2 rings (SSSR count). The number of benzene rings is 2. The average Bonchev–Trinajstić information content (AvgIpc) is 2.40. The summed E-state index contributed by atoms with van der Waals surface area (Å²) in [5.74, 6) is -0.853. The molecule has 0 heterocycles. The van der Waals surface area contributed by atoms with Crippen molar-refractivity contribution in [3.05, 3.63) is 65.0 Å². The van der Waals surface area contributed by atoms with Crippen molar-refractivity contribution in [2.75, 3.05) is 0 Å². The van der Waals surface area contributed by atoms with Gasteiger partial charge in [0.2, 0.25) is 0 Å². The molecule has 0 unspecified atom stereocenters. The van der Waals surface area contributed by atoms with Gasteiger partial charge < -0.3 is 10.4 Å². The highest BCUT2D eigenvalue weighted by atomic mass is 19.1. The van der Waals surface area contributed by atoms with Gasteiger partial charge in [0.25, 0.3) is 0 Å². The number of hydrogen-bond acceptors (Lipinski definition) is 2. The molecule has 0 aliphatic carbocycles. The Bertz CT molecular complexity index is 568. The van der Waals surface area contributed by atoms with Crippen molar-refractivity contribution in [1.82, 2.24) is 5.32 Å². The summed E-state index contributed by atoms with van der Waals surface area (Å²) in [6, 6.07) is 12.9. The third-order valence-corrected chi connectivity index (χ3v) is 3.21. The lowest BCUT2D eigenvalue weighted by Gasteiger charge is -2.15. The van der Waals surface area contributed by atoms with Crippen molar-refractivity contribution in [3.63, 3.8) is 0 Å². The Morgan fingerprint density at radius 2 is 1.95 bits per heavy atom. The molecule has 0 spiro atoms. The van der Waals surface area contributed by atoms with E-state index in [0.29, 0.717) is 12.1 Å². The molecule has 19 heavy (non-hydrogen) atoms. The van der Waals surface area contributed by atoms with Crippen LogP contribution in [0.25, 0.3) is 0 Å². The third kappa shape index (κ3) is 3.32. The van der Waals surface area contributed by atoms with E-state index in [0.717, 1.165) is 0 Å². The summed E-state index contributed by atoms with van der Waals surface area (Å²) in [5.41, 5.74) is 2.95. The summed E-state index contributed by atoms with van der Waals surface area (Å²) in [5, 5.41) is 12.9. The molecule has 2 nitrogen and oxygen atoms in total. The monoisotopic (exact) mass is 259 g/mol. The maximum Gasteiger partial charge on any atom is 0.165 e. The van der Waals surface area contributed by atoms with Crippen molar-refractivity contribution in [3.8, 4) is 5.75 Å². The van der Waals surface area contributed by atoms with Crippen LogP contribution in [0.4, 0.5) is 4.39 Å². The quantitative estimate of drug-likeness (QED) is 0.877. The topological polar surface area (TPSA) is 32.3 Å². The van der Waals surface area contributed by atoms with Crippen molar-refractivity contribution in [2.24, 2.45) is 0 Å². The lowest BCUT2D eigenvalue weighted by molar-refractivity contribution is 0.421. The van der Waals surface area contributed by atoms with Crippen molar-refractivity contribution < 1.29 is 9.50 Å². The van der Waals surface area contributed by atoms with Gasteiger partial charge in [-0.15, -0.1) is 0 Å². The van der Waals surface area contributed by atoms with Crippen LogP contribution in [0.3, 0.4) is 0 Å². The Hall–Kier alpha value is -1.87. The minimum Gasteiger partial charge on any atom is -0.505 e. The van der Waals surface area contributed by atoms with Crippen molar-refractivity contribution in [1.29, 1.82) is 0 Å². The Labute approximate surface area is 112 Å². The van der Waals surface area contributed by atoms with Crippen LogP contribution in [0.15, 0.2) is 42.5 Å². The zero-order valence-electron chi connectivity index (χ0n) is 11.2. The largest absolute Gasteiger partial charge is 0.505 e. The highest BCUT2D eigenvalue weighted by Gasteiger charge is 2.09.